The van der Waals surface area contributed by atoms with Crippen molar-refractivity contribution < 1.29 is 18.7 Å². The zero-order valence-electron chi connectivity index (χ0n) is 15.4. The van der Waals surface area contributed by atoms with Crippen LogP contribution in [0.3, 0.4) is 0 Å². The van der Waals surface area contributed by atoms with Gasteiger partial charge in [0.15, 0.2) is 17.3 Å². The summed E-state index contributed by atoms with van der Waals surface area (Å²) < 4.78 is 16.4. The van der Waals surface area contributed by atoms with Crippen molar-refractivity contribution >= 4 is 5.91 Å². The minimum atomic E-state index is -0.100. The monoisotopic (exact) mass is 368 g/mol. The second-order valence-electron chi connectivity index (χ2n) is 7.80. The first-order chi connectivity index (χ1) is 13.2. The molecule has 1 N–H and O–H groups in total. The molecule has 3 aliphatic heterocycles. The molecule has 2 unspecified atom stereocenters. The summed E-state index contributed by atoms with van der Waals surface area (Å²) in [6, 6.07) is 11.0. The van der Waals surface area contributed by atoms with Crippen molar-refractivity contribution in [1.29, 1.82) is 0 Å². The number of hydrogen-bond donors (Lipinski definition) is 1. The van der Waals surface area contributed by atoms with E-state index < -0.39 is 0 Å². The Morgan fingerprint density at radius 1 is 1.11 bits per heavy atom. The van der Waals surface area contributed by atoms with Crippen LogP contribution in [0.4, 0.5) is 0 Å². The molecule has 2 fully saturated rings. The standard InChI is InChI=1S/C21H24N2O4/c1-13-2-6-19(27-13)21(24)22-15-9-16-4-5-17(10-15)23(16)11-14-3-7-18-20(8-14)26-12-25-18/h2-3,6-8,15-17H,4-5,9-12H2,1H3,(H,22,24). The van der Waals surface area contributed by atoms with E-state index in [0.29, 0.717) is 24.6 Å². The average molecular weight is 368 g/mol. The molecular formula is C21H24N2O4. The van der Waals surface area contributed by atoms with Crippen molar-refractivity contribution in [2.24, 2.45) is 0 Å². The van der Waals surface area contributed by atoms with Crippen molar-refractivity contribution in [2.45, 2.75) is 57.3 Å². The Labute approximate surface area is 158 Å². The van der Waals surface area contributed by atoms with Gasteiger partial charge in [-0.15, -0.1) is 0 Å². The number of nitrogens with one attached hydrogen (secondary N) is 1. The number of furan rings is 1. The summed E-state index contributed by atoms with van der Waals surface area (Å²) in [7, 11) is 0. The lowest BCUT2D eigenvalue weighted by Crippen LogP contribution is -2.49. The van der Waals surface area contributed by atoms with Gasteiger partial charge in [-0.1, -0.05) is 6.07 Å². The van der Waals surface area contributed by atoms with Crippen LogP contribution in [0.25, 0.3) is 0 Å². The summed E-state index contributed by atoms with van der Waals surface area (Å²) >= 11 is 0. The topological polar surface area (TPSA) is 63.9 Å². The van der Waals surface area contributed by atoms with Crippen molar-refractivity contribution in [3.05, 3.63) is 47.4 Å². The van der Waals surface area contributed by atoms with Crippen molar-refractivity contribution in [1.82, 2.24) is 10.2 Å². The van der Waals surface area contributed by atoms with E-state index in [-0.39, 0.29) is 11.9 Å². The molecule has 142 valence electrons. The van der Waals surface area contributed by atoms with Gasteiger partial charge in [0.05, 0.1) is 0 Å². The quantitative estimate of drug-likeness (QED) is 0.898. The first-order valence-corrected chi connectivity index (χ1v) is 9.67. The molecule has 2 saturated heterocycles. The third-order valence-electron chi connectivity index (χ3n) is 5.99. The van der Waals surface area contributed by atoms with Crippen LogP contribution in [-0.4, -0.2) is 35.7 Å². The summed E-state index contributed by atoms with van der Waals surface area (Å²) in [5.74, 6) is 2.74. The van der Waals surface area contributed by atoms with Gasteiger partial charge in [0.1, 0.15) is 5.76 Å². The Bertz CT molecular complexity index is 848. The molecule has 2 atom stereocenters. The Kier molecular flexibility index (Phi) is 4.08. The van der Waals surface area contributed by atoms with Crippen molar-refractivity contribution in [3.8, 4) is 11.5 Å². The molecule has 1 aromatic carbocycles. The number of carbonyl (C=O) groups excluding carboxylic acids is 1. The van der Waals surface area contributed by atoms with E-state index in [1.807, 2.05) is 19.1 Å². The molecule has 0 saturated carbocycles. The SMILES string of the molecule is Cc1ccc(C(=O)NC2CC3CCC(C2)N3Cc2ccc3c(c2)OCO3)o1. The van der Waals surface area contributed by atoms with Crippen LogP contribution in [0.5, 0.6) is 11.5 Å². The van der Waals surface area contributed by atoms with Gasteiger partial charge in [-0.05, 0) is 62.4 Å². The highest BCUT2D eigenvalue weighted by molar-refractivity contribution is 5.91. The first kappa shape index (κ1) is 16.7. The highest BCUT2D eigenvalue weighted by Gasteiger charge is 2.41. The van der Waals surface area contributed by atoms with Crippen LogP contribution in [0.2, 0.25) is 0 Å². The fourth-order valence-electron chi connectivity index (χ4n) is 4.71. The fraction of sp³-hybridized carbons (Fsp3) is 0.476. The zero-order valence-corrected chi connectivity index (χ0v) is 15.4. The number of hydrogen-bond acceptors (Lipinski definition) is 5. The Balaban J connectivity index is 1.23. The Morgan fingerprint density at radius 3 is 2.63 bits per heavy atom. The third-order valence-corrected chi connectivity index (χ3v) is 5.99. The summed E-state index contributed by atoms with van der Waals surface area (Å²) in [5, 5.41) is 3.17. The fourth-order valence-corrected chi connectivity index (χ4v) is 4.71. The van der Waals surface area contributed by atoms with Crippen molar-refractivity contribution in [2.75, 3.05) is 6.79 Å². The second kappa shape index (κ2) is 6.60. The lowest BCUT2D eigenvalue weighted by atomic mass is 9.96. The largest absolute Gasteiger partial charge is 0.456 e. The number of benzene rings is 1. The number of rotatable bonds is 4. The number of nitrogens with zero attached hydrogens (tertiary/aromatic N) is 1. The van der Waals surface area contributed by atoms with Crippen LogP contribution in [0, 0.1) is 6.92 Å². The van der Waals surface area contributed by atoms with Crippen LogP contribution in [0.15, 0.2) is 34.7 Å². The molecule has 1 aromatic heterocycles. The molecule has 6 nitrogen and oxygen atoms in total. The maximum Gasteiger partial charge on any atom is 0.287 e. The van der Waals surface area contributed by atoms with E-state index in [1.54, 1.807) is 6.07 Å². The molecule has 5 rings (SSSR count). The number of fused-ring (bicyclic) bond motifs is 3. The van der Waals surface area contributed by atoms with Gasteiger partial charge in [0.25, 0.3) is 5.91 Å². The van der Waals surface area contributed by atoms with E-state index in [0.717, 1.165) is 36.6 Å². The maximum atomic E-state index is 12.4. The number of carbonyl (C=O) groups is 1. The molecular weight excluding hydrogens is 344 g/mol. The summed E-state index contributed by atoms with van der Waals surface area (Å²) in [5.41, 5.74) is 1.25. The predicted octanol–water partition coefficient (Wildman–Crippen LogP) is 3.24. The van der Waals surface area contributed by atoms with Gasteiger partial charge in [-0.3, -0.25) is 9.69 Å². The van der Waals surface area contributed by atoms with Gasteiger partial charge in [-0.25, -0.2) is 0 Å². The zero-order chi connectivity index (χ0) is 18.4. The van der Waals surface area contributed by atoms with E-state index in [9.17, 15) is 4.79 Å². The number of amides is 1. The maximum absolute atomic E-state index is 12.4. The minimum Gasteiger partial charge on any atom is -0.456 e. The Morgan fingerprint density at radius 2 is 1.89 bits per heavy atom. The number of aryl methyl sites for hydroxylation is 1. The number of ether oxygens (including phenoxy) is 2. The van der Waals surface area contributed by atoms with Crippen LogP contribution in [-0.2, 0) is 6.54 Å². The van der Waals surface area contributed by atoms with Gasteiger partial charge in [0, 0.05) is 24.7 Å². The van der Waals surface area contributed by atoms with E-state index >= 15 is 0 Å². The van der Waals surface area contributed by atoms with Crippen LogP contribution < -0.4 is 14.8 Å². The Hall–Kier alpha value is -2.47. The smallest absolute Gasteiger partial charge is 0.287 e. The molecule has 3 aliphatic rings. The first-order valence-electron chi connectivity index (χ1n) is 9.67. The third kappa shape index (κ3) is 3.18. The van der Waals surface area contributed by atoms with E-state index in [2.05, 4.69) is 22.3 Å². The van der Waals surface area contributed by atoms with Gasteiger partial charge < -0.3 is 19.2 Å². The molecule has 2 bridgehead atoms. The molecule has 1 amide bonds. The van der Waals surface area contributed by atoms with Gasteiger partial charge in [0.2, 0.25) is 6.79 Å². The van der Waals surface area contributed by atoms with Crippen molar-refractivity contribution in [3.63, 3.8) is 0 Å². The highest BCUT2D eigenvalue weighted by atomic mass is 16.7. The minimum absolute atomic E-state index is 0.100. The highest BCUT2D eigenvalue weighted by Crippen LogP contribution is 2.38. The predicted molar refractivity (Wildman–Crippen MR) is 98.9 cm³/mol. The van der Waals surface area contributed by atoms with Gasteiger partial charge >= 0.3 is 0 Å². The van der Waals surface area contributed by atoms with Crippen LogP contribution in [0.1, 0.15) is 47.6 Å². The molecule has 27 heavy (non-hydrogen) atoms. The van der Waals surface area contributed by atoms with Crippen LogP contribution >= 0.6 is 0 Å². The summed E-state index contributed by atoms with van der Waals surface area (Å²) in [6.45, 7) is 3.08. The summed E-state index contributed by atoms with van der Waals surface area (Å²) in [6.07, 6.45) is 4.38. The second-order valence-corrected chi connectivity index (χ2v) is 7.80. The normalized spacial score (nSPS) is 26.3. The number of piperidine rings is 1. The molecule has 4 heterocycles. The molecule has 2 aromatic rings. The lowest BCUT2D eigenvalue weighted by Gasteiger charge is -2.39. The molecule has 0 radical (unpaired) electrons. The molecule has 6 heteroatoms. The molecule has 0 aliphatic carbocycles. The summed E-state index contributed by atoms with van der Waals surface area (Å²) in [4.78, 5) is 15.0. The lowest BCUT2D eigenvalue weighted by molar-refractivity contribution is 0.0803. The van der Waals surface area contributed by atoms with E-state index in [1.165, 1.54) is 18.4 Å². The molecule has 0 spiro atoms. The van der Waals surface area contributed by atoms with E-state index in [4.69, 9.17) is 13.9 Å². The average Bonchev–Trinajstić information content (AvgIpc) is 3.34. The van der Waals surface area contributed by atoms with Gasteiger partial charge in [-0.2, -0.15) is 0 Å².